The second-order valence-corrected chi connectivity index (χ2v) is 6.96. The van der Waals surface area contributed by atoms with Gasteiger partial charge in [0.1, 0.15) is 11.5 Å². The van der Waals surface area contributed by atoms with Crippen molar-refractivity contribution in [3.8, 4) is 11.5 Å². The van der Waals surface area contributed by atoms with Crippen molar-refractivity contribution in [2.75, 3.05) is 13.2 Å². The van der Waals surface area contributed by atoms with Gasteiger partial charge >= 0.3 is 5.97 Å². The molecule has 0 aromatic heterocycles. The maximum atomic E-state index is 12.0. The molecule has 0 aliphatic carbocycles. The second-order valence-electron chi connectivity index (χ2n) is 6.96. The largest absolute Gasteiger partial charge is 0.483 e. The first-order valence-corrected chi connectivity index (χ1v) is 9.86. The van der Waals surface area contributed by atoms with E-state index in [4.69, 9.17) is 14.2 Å². The lowest BCUT2D eigenvalue weighted by molar-refractivity contribution is -0.149. The van der Waals surface area contributed by atoms with E-state index in [0.29, 0.717) is 11.5 Å². The molecule has 7 nitrogen and oxygen atoms in total. The van der Waals surface area contributed by atoms with Crippen LogP contribution in [-0.4, -0.2) is 37.4 Å². The molecule has 0 saturated carbocycles. The summed E-state index contributed by atoms with van der Waals surface area (Å²) in [5, 5.41) is 5.92. The van der Waals surface area contributed by atoms with E-state index in [9.17, 15) is 9.59 Å². The number of benzene rings is 3. The zero-order valence-electron chi connectivity index (χ0n) is 17.4. The van der Waals surface area contributed by atoms with Crippen LogP contribution in [0.4, 0.5) is 0 Å². The van der Waals surface area contributed by atoms with Crippen molar-refractivity contribution < 1.29 is 23.8 Å². The minimum absolute atomic E-state index is 0.148. The number of rotatable bonds is 9. The monoisotopic (exact) mass is 420 g/mol. The van der Waals surface area contributed by atoms with Gasteiger partial charge in [-0.1, -0.05) is 36.4 Å². The molecule has 160 valence electrons. The summed E-state index contributed by atoms with van der Waals surface area (Å²) >= 11 is 0. The van der Waals surface area contributed by atoms with E-state index in [1.165, 1.54) is 6.21 Å². The Morgan fingerprint density at radius 1 is 0.935 bits per heavy atom. The van der Waals surface area contributed by atoms with Crippen molar-refractivity contribution in [1.29, 1.82) is 0 Å². The van der Waals surface area contributed by atoms with Gasteiger partial charge in [-0.3, -0.25) is 4.79 Å². The third kappa shape index (κ3) is 6.85. The molecular weight excluding hydrogens is 396 g/mol. The molecule has 0 aliphatic heterocycles. The first-order valence-electron chi connectivity index (χ1n) is 9.86. The molecular formula is C24H24N2O5. The van der Waals surface area contributed by atoms with Gasteiger partial charge in [-0.05, 0) is 55.1 Å². The van der Waals surface area contributed by atoms with Crippen LogP contribution in [0.3, 0.4) is 0 Å². The Bertz CT molecular complexity index is 1060. The Balaban J connectivity index is 1.44. The minimum Gasteiger partial charge on any atom is -0.483 e. The quantitative estimate of drug-likeness (QED) is 0.324. The maximum absolute atomic E-state index is 12.0. The van der Waals surface area contributed by atoms with E-state index < -0.39 is 5.97 Å². The molecule has 7 heteroatoms. The number of fused-ring (bicyclic) bond motifs is 1. The third-order valence-electron chi connectivity index (χ3n) is 4.12. The topological polar surface area (TPSA) is 86.2 Å². The molecule has 0 fully saturated rings. The molecule has 0 atom stereocenters. The number of hydrazone groups is 1. The highest BCUT2D eigenvalue weighted by atomic mass is 16.6. The lowest BCUT2D eigenvalue weighted by atomic mass is 10.1. The van der Waals surface area contributed by atoms with E-state index in [1.807, 2.05) is 42.5 Å². The van der Waals surface area contributed by atoms with Crippen molar-refractivity contribution in [2.24, 2.45) is 5.10 Å². The first kappa shape index (κ1) is 21.8. The average molecular weight is 420 g/mol. The lowest BCUT2D eigenvalue weighted by Crippen LogP contribution is -2.24. The predicted octanol–water partition coefficient (Wildman–Crippen LogP) is 3.70. The Hall–Kier alpha value is -3.87. The molecule has 0 radical (unpaired) electrons. The average Bonchev–Trinajstić information content (AvgIpc) is 2.76. The number of carbonyl (C=O) groups excluding carboxylic acids is 2. The molecule has 1 N–H and O–H groups in total. The molecule has 0 spiro atoms. The lowest BCUT2D eigenvalue weighted by Gasteiger charge is -2.09. The number of esters is 1. The van der Waals surface area contributed by atoms with Gasteiger partial charge in [0.25, 0.3) is 5.91 Å². The van der Waals surface area contributed by atoms with Crippen LogP contribution in [0.5, 0.6) is 11.5 Å². The van der Waals surface area contributed by atoms with Crippen molar-refractivity contribution in [1.82, 2.24) is 5.43 Å². The smallest absolute Gasteiger partial charge is 0.344 e. The van der Waals surface area contributed by atoms with E-state index >= 15 is 0 Å². The molecule has 31 heavy (non-hydrogen) atoms. The number of ether oxygens (including phenoxy) is 3. The predicted molar refractivity (Wildman–Crippen MR) is 118 cm³/mol. The van der Waals surface area contributed by atoms with Crippen LogP contribution in [0.1, 0.15) is 19.4 Å². The summed E-state index contributed by atoms with van der Waals surface area (Å²) in [5.41, 5.74) is 3.19. The summed E-state index contributed by atoms with van der Waals surface area (Å²) in [6.07, 6.45) is 1.33. The minimum atomic E-state index is -0.422. The van der Waals surface area contributed by atoms with E-state index in [1.54, 1.807) is 38.1 Å². The molecule has 0 saturated heterocycles. The zero-order chi connectivity index (χ0) is 22.1. The van der Waals surface area contributed by atoms with Gasteiger partial charge in [0.15, 0.2) is 13.2 Å². The van der Waals surface area contributed by atoms with Gasteiger partial charge in [0.05, 0.1) is 12.3 Å². The number of nitrogens with zero attached hydrogens (tertiary/aromatic N) is 1. The Morgan fingerprint density at radius 2 is 1.68 bits per heavy atom. The number of amides is 1. The van der Waals surface area contributed by atoms with Gasteiger partial charge in [-0.2, -0.15) is 5.10 Å². The molecule has 0 heterocycles. The van der Waals surface area contributed by atoms with Crippen LogP contribution in [0, 0.1) is 0 Å². The molecule has 3 aromatic carbocycles. The summed E-state index contributed by atoms with van der Waals surface area (Å²) < 4.78 is 16.0. The highest BCUT2D eigenvalue weighted by Gasteiger charge is 2.07. The van der Waals surface area contributed by atoms with Crippen LogP contribution < -0.4 is 14.9 Å². The zero-order valence-corrected chi connectivity index (χ0v) is 17.4. The van der Waals surface area contributed by atoms with Crippen molar-refractivity contribution in [3.05, 3.63) is 72.3 Å². The Morgan fingerprint density at radius 3 is 2.45 bits per heavy atom. The van der Waals surface area contributed by atoms with Crippen molar-refractivity contribution >= 4 is 28.9 Å². The van der Waals surface area contributed by atoms with Crippen molar-refractivity contribution in [2.45, 2.75) is 20.0 Å². The number of carbonyl (C=O) groups is 2. The summed E-state index contributed by atoms with van der Waals surface area (Å²) in [4.78, 5) is 23.5. The third-order valence-corrected chi connectivity index (χ3v) is 4.12. The molecule has 0 aliphatic rings. The van der Waals surface area contributed by atoms with Crippen LogP contribution in [0.25, 0.3) is 10.8 Å². The second kappa shape index (κ2) is 10.8. The van der Waals surface area contributed by atoms with Crippen LogP contribution in [-0.2, 0) is 14.3 Å². The van der Waals surface area contributed by atoms with Gasteiger partial charge < -0.3 is 14.2 Å². The maximum Gasteiger partial charge on any atom is 0.344 e. The fourth-order valence-electron chi connectivity index (χ4n) is 2.77. The fraction of sp³-hybridized carbons (Fsp3) is 0.208. The van der Waals surface area contributed by atoms with E-state index in [2.05, 4.69) is 10.5 Å². The summed E-state index contributed by atoms with van der Waals surface area (Å²) in [6, 6.07) is 20.4. The molecule has 0 bridgehead atoms. The van der Waals surface area contributed by atoms with Gasteiger partial charge in [-0.25, -0.2) is 10.2 Å². The molecule has 3 rings (SSSR count). The van der Waals surface area contributed by atoms with Crippen molar-refractivity contribution in [3.63, 3.8) is 0 Å². The Kier molecular flexibility index (Phi) is 7.59. The van der Waals surface area contributed by atoms with Gasteiger partial charge in [0.2, 0.25) is 0 Å². The summed E-state index contributed by atoms with van der Waals surface area (Å²) in [6.45, 7) is 3.25. The highest BCUT2D eigenvalue weighted by molar-refractivity contribution is 5.89. The molecule has 3 aromatic rings. The Labute approximate surface area is 180 Å². The number of hydrogen-bond acceptors (Lipinski definition) is 6. The van der Waals surface area contributed by atoms with Gasteiger partial charge in [-0.15, -0.1) is 0 Å². The highest BCUT2D eigenvalue weighted by Crippen LogP contribution is 2.24. The summed E-state index contributed by atoms with van der Waals surface area (Å²) in [7, 11) is 0. The molecule has 0 unspecified atom stereocenters. The fourth-order valence-corrected chi connectivity index (χ4v) is 2.77. The number of nitrogens with one attached hydrogen (secondary N) is 1. The standard InChI is InChI=1S/C24H24N2O5/c1-17(2)31-24(28)16-29-20-12-10-18(11-13-20)14-25-26-23(27)15-30-22-9-5-7-19-6-3-4-8-21(19)22/h3-14,17H,15-16H2,1-2H3,(H,26,27)/b25-14+. The van der Waals surface area contributed by atoms with Crippen LogP contribution in [0.2, 0.25) is 0 Å². The SMILES string of the molecule is CC(C)OC(=O)COc1ccc(/C=N/NC(=O)COc2cccc3ccccc23)cc1. The van der Waals surface area contributed by atoms with E-state index in [0.717, 1.165) is 16.3 Å². The molecule has 1 amide bonds. The first-order chi connectivity index (χ1) is 15.0. The number of hydrogen-bond donors (Lipinski definition) is 1. The summed E-state index contributed by atoms with van der Waals surface area (Å²) in [5.74, 6) is 0.386. The van der Waals surface area contributed by atoms with E-state index in [-0.39, 0.29) is 25.2 Å². The van der Waals surface area contributed by atoms with Crippen LogP contribution >= 0.6 is 0 Å². The van der Waals surface area contributed by atoms with Gasteiger partial charge in [0, 0.05) is 5.39 Å². The normalized spacial score (nSPS) is 10.9. The van der Waals surface area contributed by atoms with Crippen LogP contribution in [0.15, 0.2) is 71.8 Å².